The number of furan rings is 1. The lowest BCUT2D eigenvalue weighted by molar-refractivity contribution is 0.0953. The first-order chi connectivity index (χ1) is 10.8. The van der Waals surface area contributed by atoms with Crippen molar-refractivity contribution in [1.82, 2.24) is 10.3 Å². The summed E-state index contributed by atoms with van der Waals surface area (Å²) in [4.78, 5) is 16.2. The third-order valence-electron chi connectivity index (χ3n) is 3.32. The van der Waals surface area contributed by atoms with E-state index in [1.165, 1.54) is 0 Å². The molecule has 0 unspecified atom stereocenters. The van der Waals surface area contributed by atoms with Crippen LogP contribution in [-0.4, -0.2) is 24.0 Å². The molecule has 2 N–H and O–H groups in total. The molecule has 5 heteroatoms. The predicted molar refractivity (Wildman–Crippen MR) is 85.9 cm³/mol. The van der Waals surface area contributed by atoms with Crippen molar-refractivity contribution in [2.45, 2.75) is 6.42 Å². The molecule has 3 aromatic rings. The van der Waals surface area contributed by atoms with Gasteiger partial charge in [-0.1, -0.05) is 6.07 Å². The second kappa shape index (κ2) is 6.76. The number of carbonyl (C=O) groups excluding carboxylic acids is 1. The molecule has 0 atom stereocenters. The average molecular weight is 295 g/mol. The second-order valence-corrected chi connectivity index (χ2v) is 4.92. The molecule has 22 heavy (non-hydrogen) atoms. The summed E-state index contributed by atoms with van der Waals surface area (Å²) in [5.41, 5.74) is 1.43. The summed E-state index contributed by atoms with van der Waals surface area (Å²) in [7, 11) is 0. The summed E-state index contributed by atoms with van der Waals surface area (Å²) < 4.78 is 5.26. The van der Waals surface area contributed by atoms with Crippen LogP contribution < -0.4 is 10.6 Å². The Morgan fingerprint density at radius 3 is 2.95 bits per heavy atom. The lowest BCUT2D eigenvalue weighted by Crippen LogP contribution is -2.25. The van der Waals surface area contributed by atoms with E-state index in [0.29, 0.717) is 12.1 Å². The van der Waals surface area contributed by atoms with Gasteiger partial charge in [-0.15, -0.1) is 0 Å². The maximum absolute atomic E-state index is 12.1. The quantitative estimate of drug-likeness (QED) is 0.686. The zero-order chi connectivity index (χ0) is 15.2. The Kier molecular flexibility index (Phi) is 4.34. The molecule has 0 fully saturated rings. The SMILES string of the molecule is O=C(NCCCNc1ccccn1)c1ccc2occc2c1. The number of pyridine rings is 1. The number of anilines is 1. The minimum absolute atomic E-state index is 0.0686. The summed E-state index contributed by atoms with van der Waals surface area (Å²) in [6.07, 6.45) is 4.20. The highest BCUT2D eigenvalue weighted by molar-refractivity contribution is 5.97. The molecule has 2 aromatic heterocycles. The van der Waals surface area contributed by atoms with E-state index in [0.717, 1.165) is 29.8 Å². The van der Waals surface area contributed by atoms with Gasteiger partial charge >= 0.3 is 0 Å². The number of nitrogens with zero attached hydrogens (tertiary/aromatic N) is 1. The predicted octanol–water partition coefficient (Wildman–Crippen LogP) is 3.06. The first kappa shape index (κ1) is 14.1. The summed E-state index contributed by atoms with van der Waals surface area (Å²) in [5.74, 6) is 0.778. The summed E-state index contributed by atoms with van der Waals surface area (Å²) in [6, 6.07) is 13.0. The fourth-order valence-corrected chi connectivity index (χ4v) is 2.18. The molecule has 1 aromatic carbocycles. The number of hydrogen-bond donors (Lipinski definition) is 2. The van der Waals surface area contributed by atoms with Crippen molar-refractivity contribution in [1.29, 1.82) is 0 Å². The van der Waals surface area contributed by atoms with Crippen LogP contribution in [-0.2, 0) is 0 Å². The van der Waals surface area contributed by atoms with Gasteiger partial charge in [0.1, 0.15) is 11.4 Å². The molecule has 5 nitrogen and oxygen atoms in total. The lowest BCUT2D eigenvalue weighted by Gasteiger charge is -2.07. The van der Waals surface area contributed by atoms with E-state index >= 15 is 0 Å². The summed E-state index contributed by atoms with van der Waals surface area (Å²) >= 11 is 0. The third kappa shape index (κ3) is 3.44. The molecule has 0 saturated carbocycles. The van der Waals surface area contributed by atoms with Crippen LogP contribution in [0, 0.1) is 0 Å². The van der Waals surface area contributed by atoms with E-state index in [2.05, 4.69) is 15.6 Å². The molecule has 0 aliphatic heterocycles. The first-order valence-electron chi connectivity index (χ1n) is 7.23. The van der Waals surface area contributed by atoms with Gasteiger partial charge in [-0.05, 0) is 42.8 Å². The summed E-state index contributed by atoms with van der Waals surface area (Å²) in [5, 5.41) is 7.05. The molecule has 0 aliphatic carbocycles. The molecule has 112 valence electrons. The van der Waals surface area contributed by atoms with E-state index in [1.807, 2.05) is 36.4 Å². The smallest absolute Gasteiger partial charge is 0.251 e. The maximum Gasteiger partial charge on any atom is 0.251 e. The molecular formula is C17H17N3O2. The van der Waals surface area contributed by atoms with E-state index in [-0.39, 0.29) is 5.91 Å². The standard InChI is InChI=1S/C17H17N3O2/c21-17(14-5-6-15-13(12-14)7-11-22-15)20-10-3-9-19-16-4-1-2-8-18-16/h1-2,4-8,11-12H,3,9-10H2,(H,18,19)(H,20,21). The number of rotatable bonds is 6. The van der Waals surface area contributed by atoms with Gasteiger partial charge < -0.3 is 15.1 Å². The molecular weight excluding hydrogens is 278 g/mol. The molecule has 0 aliphatic rings. The van der Waals surface area contributed by atoms with Gasteiger partial charge in [-0.25, -0.2) is 4.98 Å². The minimum Gasteiger partial charge on any atom is -0.464 e. The Morgan fingerprint density at radius 2 is 2.09 bits per heavy atom. The number of hydrogen-bond acceptors (Lipinski definition) is 4. The number of aromatic nitrogens is 1. The molecule has 0 bridgehead atoms. The number of nitrogens with one attached hydrogen (secondary N) is 2. The highest BCUT2D eigenvalue weighted by atomic mass is 16.3. The van der Waals surface area contributed by atoms with Crippen LogP contribution in [0.3, 0.4) is 0 Å². The summed E-state index contributed by atoms with van der Waals surface area (Å²) in [6.45, 7) is 1.38. The van der Waals surface area contributed by atoms with Gasteiger partial charge in [0.15, 0.2) is 0 Å². The lowest BCUT2D eigenvalue weighted by atomic mass is 10.1. The van der Waals surface area contributed by atoms with Crippen molar-refractivity contribution in [2.75, 3.05) is 18.4 Å². The zero-order valence-electron chi connectivity index (χ0n) is 12.1. The highest BCUT2D eigenvalue weighted by Gasteiger charge is 2.06. The highest BCUT2D eigenvalue weighted by Crippen LogP contribution is 2.16. The molecule has 1 amide bonds. The van der Waals surface area contributed by atoms with Crippen LogP contribution in [0.5, 0.6) is 0 Å². The maximum atomic E-state index is 12.1. The van der Waals surface area contributed by atoms with Gasteiger partial charge in [0.25, 0.3) is 5.91 Å². The number of carbonyl (C=O) groups is 1. The van der Waals surface area contributed by atoms with Crippen LogP contribution >= 0.6 is 0 Å². The molecule has 0 saturated heterocycles. The van der Waals surface area contributed by atoms with Crippen LogP contribution in [0.15, 0.2) is 59.3 Å². The Balaban J connectivity index is 1.44. The molecule has 0 spiro atoms. The fourth-order valence-electron chi connectivity index (χ4n) is 2.18. The topological polar surface area (TPSA) is 67.2 Å². The van der Waals surface area contributed by atoms with Crippen LogP contribution in [0.1, 0.15) is 16.8 Å². The van der Waals surface area contributed by atoms with E-state index in [4.69, 9.17) is 4.42 Å². The monoisotopic (exact) mass is 295 g/mol. The largest absolute Gasteiger partial charge is 0.464 e. The normalized spacial score (nSPS) is 10.5. The Bertz CT molecular complexity index is 753. The second-order valence-electron chi connectivity index (χ2n) is 4.92. The van der Waals surface area contributed by atoms with Gasteiger partial charge in [0.2, 0.25) is 0 Å². The van der Waals surface area contributed by atoms with Crippen LogP contribution in [0.2, 0.25) is 0 Å². The van der Waals surface area contributed by atoms with Gasteiger partial charge in [0, 0.05) is 30.2 Å². The van der Waals surface area contributed by atoms with Gasteiger partial charge in [-0.2, -0.15) is 0 Å². The third-order valence-corrected chi connectivity index (χ3v) is 3.32. The Hall–Kier alpha value is -2.82. The number of amides is 1. The van der Waals surface area contributed by atoms with E-state index < -0.39 is 0 Å². The Labute approximate surface area is 128 Å². The van der Waals surface area contributed by atoms with Crippen molar-refractivity contribution >= 4 is 22.7 Å². The van der Waals surface area contributed by atoms with Crippen molar-refractivity contribution in [3.05, 3.63) is 60.5 Å². The van der Waals surface area contributed by atoms with Crippen molar-refractivity contribution in [3.63, 3.8) is 0 Å². The molecule has 0 radical (unpaired) electrons. The molecule has 3 rings (SSSR count). The van der Waals surface area contributed by atoms with E-state index in [9.17, 15) is 4.79 Å². The number of fused-ring (bicyclic) bond motifs is 1. The fraction of sp³-hybridized carbons (Fsp3) is 0.176. The minimum atomic E-state index is -0.0686. The van der Waals surface area contributed by atoms with Crippen LogP contribution in [0.4, 0.5) is 5.82 Å². The van der Waals surface area contributed by atoms with Gasteiger partial charge in [0.05, 0.1) is 6.26 Å². The molecule has 2 heterocycles. The van der Waals surface area contributed by atoms with Crippen molar-refractivity contribution in [2.24, 2.45) is 0 Å². The Morgan fingerprint density at radius 1 is 1.14 bits per heavy atom. The average Bonchev–Trinajstić information content (AvgIpc) is 3.03. The number of benzene rings is 1. The van der Waals surface area contributed by atoms with Crippen LogP contribution in [0.25, 0.3) is 11.0 Å². The zero-order valence-corrected chi connectivity index (χ0v) is 12.1. The van der Waals surface area contributed by atoms with Gasteiger partial charge in [-0.3, -0.25) is 4.79 Å². The van der Waals surface area contributed by atoms with E-state index in [1.54, 1.807) is 18.5 Å². The van der Waals surface area contributed by atoms with Crippen molar-refractivity contribution in [3.8, 4) is 0 Å². The first-order valence-corrected chi connectivity index (χ1v) is 7.23. The van der Waals surface area contributed by atoms with Crippen molar-refractivity contribution < 1.29 is 9.21 Å².